The number of nitrogens with zero attached hydrogens (tertiary/aromatic N) is 7. The molecule has 1 aromatic carbocycles. The highest BCUT2D eigenvalue weighted by atomic mass is 16.2. The summed E-state index contributed by atoms with van der Waals surface area (Å²) in [7, 11) is 0. The Bertz CT molecular complexity index is 2130. The number of hydrogen-bond acceptors (Lipinski definition) is 8. The van der Waals surface area contributed by atoms with Crippen molar-refractivity contribution >= 4 is 28.5 Å². The zero-order chi connectivity index (χ0) is 32.3. The lowest BCUT2D eigenvalue weighted by molar-refractivity contribution is -0.130. The van der Waals surface area contributed by atoms with Gasteiger partial charge in [0.1, 0.15) is 22.9 Å². The molecule has 13 nitrogen and oxygen atoms in total. The SMILES string of the molecule is CC(C)n1c(-c2ccc(-c3nn(C4CCN5C(=O)CCC5C4)c4ccnc(N)c34)cc2)c(C(N)=O)c(=O)n(-c2ccccn2)c1=O. The predicted molar refractivity (Wildman–Crippen MR) is 172 cm³/mol. The average Bonchev–Trinajstić information content (AvgIpc) is 3.62. The Morgan fingerprint density at radius 2 is 1.70 bits per heavy atom. The summed E-state index contributed by atoms with van der Waals surface area (Å²) in [5.74, 6) is -0.296. The van der Waals surface area contributed by atoms with Crippen LogP contribution < -0.4 is 22.7 Å². The summed E-state index contributed by atoms with van der Waals surface area (Å²) in [6.45, 7) is 4.27. The minimum absolute atomic E-state index is 0.0914. The minimum Gasteiger partial charge on any atom is -0.383 e. The van der Waals surface area contributed by atoms with Crippen LogP contribution in [0.3, 0.4) is 0 Å². The first-order valence-electron chi connectivity index (χ1n) is 15.3. The maximum atomic E-state index is 13.8. The van der Waals surface area contributed by atoms with E-state index in [-0.39, 0.29) is 35.1 Å². The molecule has 2 aliphatic heterocycles. The van der Waals surface area contributed by atoms with Crippen molar-refractivity contribution in [3.05, 3.63) is 87.3 Å². The van der Waals surface area contributed by atoms with Gasteiger partial charge < -0.3 is 16.4 Å². The zero-order valence-electron chi connectivity index (χ0n) is 25.5. The monoisotopic (exact) mass is 619 g/mol. The quantitative estimate of drug-likeness (QED) is 0.291. The van der Waals surface area contributed by atoms with Crippen molar-refractivity contribution in [2.45, 2.75) is 57.7 Å². The molecular formula is C33H33N9O4. The van der Waals surface area contributed by atoms with E-state index in [9.17, 15) is 19.2 Å². The van der Waals surface area contributed by atoms with Crippen LogP contribution in [0.5, 0.6) is 0 Å². The number of nitrogens with two attached hydrogens (primary N) is 2. The number of fused-ring (bicyclic) bond motifs is 2. The Hall–Kier alpha value is -5.59. The third kappa shape index (κ3) is 4.57. The largest absolute Gasteiger partial charge is 0.383 e. The fourth-order valence-corrected chi connectivity index (χ4v) is 6.96. The molecule has 0 aliphatic carbocycles. The Kier molecular flexibility index (Phi) is 7.02. The maximum Gasteiger partial charge on any atom is 0.337 e. The Morgan fingerprint density at radius 3 is 2.39 bits per heavy atom. The summed E-state index contributed by atoms with van der Waals surface area (Å²) < 4.78 is 4.27. The van der Waals surface area contributed by atoms with Crippen molar-refractivity contribution < 1.29 is 9.59 Å². The van der Waals surface area contributed by atoms with Gasteiger partial charge in [-0.05, 0) is 56.9 Å². The first-order valence-corrected chi connectivity index (χ1v) is 15.3. The number of primary amides is 1. The van der Waals surface area contributed by atoms with E-state index in [1.807, 2.05) is 27.8 Å². The maximum absolute atomic E-state index is 13.8. The molecule has 4 N–H and O–H groups in total. The molecule has 6 heterocycles. The summed E-state index contributed by atoms with van der Waals surface area (Å²) in [6.07, 6.45) is 6.17. The molecule has 2 aliphatic rings. The van der Waals surface area contributed by atoms with E-state index in [1.165, 1.54) is 16.8 Å². The van der Waals surface area contributed by atoms with E-state index >= 15 is 0 Å². The summed E-state index contributed by atoms with van der Waals surface area (Å²) in [6, 6.07) is 13.7. The van der Waals surface area contributed by atoms with E-state index in [1.54, 1.807) is 44.3 Å². The van der Waals surface area contributed by atoms with Crippen molar-refractivity contribution in [2.75, 3.05) is 12.3 Å². The highest BCUT2D eigenvalue weighted by Gasteiger charge is 2.38. The average molecular weight is 620 g/mol. The molecule has 46 heavy (non-hydrogen) atoms. The van der Waals surface area contributed by atoms with Gasteiger partial charge in [-0.2, -0.15) is 5.10 Å². The van der Waals surface area contributed by atoms with Crippen LogP contribution in [0.2, 0.25) is 0 Å². The Morgan fingerprint density at radius 1 is 0.935 bits per heavy atom. The predicted octanol–water partition coefficient (Wildman–Crippen LogP) is 3.06. The lowest BCUT2D eigenvalue weighted by Gasteiger charge is -2.35. The van der Waals surface area contributed by atoms with Crippen molar-refractivity contribution in [3.63, 3.8) is 0 Å². The first-order chi connectivity index (χ1) is 22.2. The molecule has 0 bridgehead atoms. The molecule has 4 aromatic heterocycles. The van der Waals surface area contributed by atoms with Crippen LogP contribution >= 0.6 is 0 Å². The van der Waals surface area contributed by atoms with E-state index in [0.29, 0.717) is 30.0 Å². The van der Waals surface area contributed by atoms with Gasteiger partial charge in [0.05, 0.1) is 22.6 Å². The Balaban J connectivity index is 1.35. The number of rotatable bonds is 6. The second-order valence-electron chi connectivity index (χ2n) is 12.1. The molecule has 0 spiro atoms. The standard InChI is InChI=1S/C33H33N9O4/c1-18(2)40-29(27(31(35)44)32(45)41(33(40)46)24-5-3-4-14-36-24)20-8-6-19(7-9-20)28-26-23(12-15-37-30(26)34)42(38-28)22-13-16-39-21(17-22)10-11-25(39)43/h3-9,12,14-15,18,21-22H,10-11,13,16-17H2,1-2H3,(H2,34,37)(H2,35,44). The van der Waals surface area contributed by atoms with Gasteiger partial charge in [-0.3, -0.25) is 23.6 Å². The minimum atomic E-state index is -0.957. The van der Waals surface area contributed by atoms with E-state index in [0.717, 1.165) is 40.3 Å². The number of carbonyl (C=O) groups excluding carboxylic acids is 2. The van der Waals surface area contributed by atoms with Gasteiger partial charge in [-0.1, -0.05) is 30.3 Å². The summed E-state index contributed by atoms with van der Waals surface area (Å²) >= 11 is 0. The van der Waals surface area contributed by atoms with Gasteiger partial charge in [0.2, 0.25) is 5.91 Å². The normalized spacial score (nSPS) is 18.0. The van der Waals surface area contributed by atoms with Crippen molar-refractivity contribution in [1.82, 2.24) is 33.8 Å². The molecule has 2 atom stereocenters. The van der Waals surface area contributed by atoms with Crippen LogP contribution in [0.4, 0.5) is 5.82 Å². The smallest absolute Gasteiger partial charge is 0.337 e. The number of pyridine rings is 2. The van der Waals surface area contributed by atoms with Crippen LogP contribution in [-0.2, 0) is 4.79 Å². The fraction of sp³-hybridized carbons (Fsp3) is 0.303. The number of benzene rings is 1. The third-order valence-corrected chi connectivity index (χ3v) is 9.06. The topological polar surface area (TPSA) is 177 Å². The summed E-state index contributed by atoms with van der Waals surface area (Å²) in [4.78, 5) is 63.0. The molecular weight excluding hydrogens is 586 g/mol. The summed E-state index contributed by atoms with van der Waals surface area (Å²) in [5, 5.41) is 5.77. The molecule has 234 valence electrons. The van der Waals surface area contributed by atoms with E-state index in [2.05, 4.69) is 9.97 Å². The van der Waals surface area contributed by atoms with Gasteiger partial charge in [-0.25, -0.2) is 19.3 Å². The van der Waals surface area contributed by atoms with Crippen LogP contribution in [-0.4, -0.2) is 58.2 Å². The van der Waals surface area contributed by atoms with Crippen LogP contribution in [0.15, 0.2) is 70.5 Å². The zero-order valence-corrected chi connectivity index (χ0v) is 25.5. The van der Waals surface area contributed by atoms with Gasteiger partial charge in [0.15, 0.2) is 0 Å². The number of nitrogen functional groups attached to an aromatic ring is 1. The second-order valence-corrected chi connectivity index (χ2v) is 12.1. The molecule has 2 amide bonds. The van der Waals surface area contributed by atoms with E-state index < -0.39 is 23.2 Å². The number of anilines is 1. The molecule has 0 saturated carbocycles. The van der Waals surface area contributed by atoms with Gasteiger partial charge in [0, 0.05) is 43.0 Å². The van der Waals surface area contributed by atoms with Crippen molar-refractivity contribution in [3.8, 4) is 28.3 Å². The van der Waals surface area contributed by atoms with Gasteiger partial charge in [-0.15, -0.1) is 0 Å². The fourth-order valence-electron chi connectivity index (χ4n) is 6.96. The second kappa shape index (κ2) is 11.1. The molecule has 2 unspecified atom stereocenters. The highest BCUT2D eigenvalue weighted by molar-refractivity contribution is 6.01. The number of hydrogen-bond donors (Lipinski definition) is 2. The molecule has 5 aromatic rings. The molecule has 2 fully saturated rings. The van der Waals surface area contributed by atoms with Gasteiger partial charge in [0.25, 0.3) is 11.5 Å². The lowest BCUT2D eigenvalue weighted by Crippen LogP contribution is -2.44. The number of carbonyl (C=O) groups is 2. The number of piperidine rings is 1. The van der Waals surface area contributed by atoms with E-state index in [4.69, 9.17) is 16.6 Å². The number of aromatic nitrogens is 6. The lowest BCUT2D eigenvalue weighted by atomic mass is 9.97. The first kappa shape index (κ1) is 29.1. The molecule has 2 saturated heterocycles. The molecule has 13 heteroatoms. The summed E-state index contributed by atoms with van der Waals surface area (Å²) in [5.41, 5.74) is 13.2. The van der Waals surface area contributed by atoms with Crippen LogP contribution in [0, 0.1) is 0 Å². The highest BCUT2D eigenvalue weighted by Crippen LogP contribution is 2.39. The van der Waals surface area contributed by atoms with Gasteiger partial charge >= 0.3 is 5.69 Å². The van der Waals surface area contributed by atoms with Crippen LogP contribution in [0.1, 0.15) is 62.0 Å². The van der Waals surface area contributed by atoms with Crippen molar-refractivity contribution in [2.24, 2.45) is 5.73 Å². The molecule has 7 rings (SSSR count). The molecule has 0 radical (unpaired) electrons. The number of amides is 2. The van der Waals surface area contributed by atoms with Crippen LogP contribution in [0.25, 0.3) is 39.2 Å². The Labute approximate surface area is 263 Å². The third-order valence-electron chi connectivity index (χ3n) is 9.06. The van der Waals surface area contributed by atoms with Crippen molar-refractivity contribution in [1.29, 1.82) is 0 Å².